The highest BCUT2D eigenvalue weighted by Gasteiger charge is 1.79. The summed E-state index contributed by atoms with van der Waals surface area (Å²) < 4.78 is 0. The van der Waals surface area contributed by atoms with Gasteiger partial charge in [-0.05, 0) is 13.0 Å². The molecule has 2 N–H and O–H groups in total. The Morgan fingerprint density at radius 2 is 2.33 bits per heavy atom. The Morgan fingerprint density at radius 1 is 1.83 bits per heavy atom. The third kappa shape index (κ3) is 3.99. The van der Waals surface area contributed by atoms with E-state index in [4.69, 9.17) is 17.3 Å². The molecule has 0 atom stereocenters. The second-order valence-corrected chi connectivity index (χ2v) is 1.59. The Labute approximate surface area is 42.8 Å². The van der Waals surface area contributed by atoms with Crippen molar-refractivity contribution in [3.8, 4) is 0 Å². The van der Waals surface area contributed by atoms with Gasteiger partial charge in [0.1, 0.15) is 0 Å². The van der Waals surface area contributed by atoms with Gasteiger partial charge in [-0.3, -0.25) is 0 Å². The summed E-state index contributed by atoms with van der Waals surface area (Å²) in [6.07, 6.45) is 0.724. The van der Waals surface area contributed by atoms with Crippen molar-refractivity contribution in [2.24, 2.45) is 5.73 Å². The molecule has 1 nitrogen and oxygen atoms in total. The molecule has 0 radical (unpaired) electrons. The van der Waals surface area contributed by atoms with E-state index in [1.807, 2.05) is 0 Å². The Balaban J connectivity index is 2.83. The van der Waals surface area contributed by atoms with Crippen LogP contribution >= 0.6 is 11.6 Å². The maximum Gasteiger partial charge on any atom is 0.0121 e. The number of rotatable bonds is 2. The summed E-state index contributed by atoms with van der Waals surface area (Å²) in [6, 6.07) is 0. The van der Waals surface area contributed by atoms with Gasteiger partial charge in [0, 0.05) is 5.03 Å². The van der Waals surface area contributed by atoms with Gasteiger partial charge >= 0.3 is 0 Å². The molecule has 0 aliphatic carbocycles. The second kappa shape index (κ2) is 3.19. The molecule has 0 aromatic carbocycles. The standard InChI is InChI=1S/C4H8ClN/c1-4(5)2-3-6/h1-3,6H2. The van der Waals surface area contributed by atoms with Gasteiger partial charge in [-0.25, -0.2) is 0 Å². The van der Waals surface area contributed by atoms with Crippen molar-refractivity contribution in [3.05, 3.63) is 11.6 Å². The molecule has 0 rings (SSSR count). The quantitative estimate of drug-likeness (QED) is 0.559. The summed E-state index contributed by atoms with van der Waals surface area (Å²) in [6.45, 7) is 4.03. The largest absolute Gasteiger partial charge is 0.330 e. The normalized spacial score (nSPS) is 8.33. The summed E-state index contributed by atoms with van der Waals surface area (Å²) in [5.41, 5.74) is 5.08. The summed E-state index contributed by atoms with van der Waals surface area (Å²) >= 11 is 5.30. The number of hydrogen-bond acceptors (Lipinski definition) is 1. The zero-order valence-corrected chi connectivity index (χ0v) is 4.33. The molecule has 0 aromatic rings. The molecule has 0 saturated heterocycles. The van der Waals surface area contributed by atoms with Crippen LogP contribution in [0.2, 0.25) is 0 Å². The van der Waals surface area contributed by atoms with Crippen LogP contribution in [0.4, 0.5) is 0 Å². The number of nitrogens with two attached hydrogens (primary N) is 1. The molecule has 0 spiro atoms. The topological polar surface area (TPSA) is 26.0 Å². The highest BCUT2D eigenvalue weighted by atomic mass is 35.5. The van der Waals surface area contributed by atoms with Crippen LogP contribution in [0.25, 0.3) is 0 Å². The van der Waals surface area contributed by atoms with Crippen molar-refractivity contribution in [1.29, 1.82) is 0 Å². The van der Waals surface area contributed by atoms with Crippen molar-refractivity contribution in [1.82, 2.24) is 0 Å². The molecule has 36 valence electrons. The Hall–Kier alpha value is -0.0100. The molecule has 0 unspecified atom stereocenters. The predicted molar refractivity (Wildman–Crippen MR) is 28.7 cm³/mol. The van der Waals surface area contributed by atoms with Crippen molar-refractivity contribution in [2.45, 2.75) is 6.42 Å². The lowest BCUT2D eigenvalue weighted by atomic mass is 10.4. The molecule has 0 amide bonds. The van der Waals surface area contributed by atoms with Crippen LogP contribution in [0.5, 0.6) is 0 Å². The van der Waals surface area contributed by atoms with Gasteiger partial charge in [-0.1, -0.05) is 18.2 Å². The van der Waals surface area contributed by atoms with E-state index < -0.39 is 0 Å². The van der Waals surface area contributed by atoms with Gasteiger partial charge < -0.3 is 5.73 Å². The first-order chi connectivity index (χ1) is 2.77. The molecule has 0 fully saturated rings. The maximum atomic E-state index is 5.30. The van der Waals surface area contributed by atoms with E-state index in [1.54, 1.807) is 0 Å². The molecule has 6 heavy (non-hydrogen) atoms. The average molecular weight is 106 g/mol. The SMILES string of the molecule is C=C(Cl)CCN. The minimum Gasteiger partial charge on any atom is -0.330 e. The van der Waals surface area contributed by atoms with E-state index in [1.165, 1.54) is 0 Å². The first-order valence-corrected chi connectivity index (χ1v) is 2.18. The smallest absolute Gasteiger partial charge is 0.0121 e. The van der Waals surface area contributed by atoms with Gasteiger partial charge in [0.15, 0.2) is 0 Å². The average Bonchev–Trinajstić information content (AvgIpc) is 1.35. The van der Waals surface area contributed by atoms with Crippen molar-refractivity contribution in [3.63, 3.8) is 0 Å². The molecule has 2 heteroatoms. The van der Waals surface area contributed by atoms with E-state index in [2.05, 4.69) is 6.58 Å². The Bertz CT molecular complexity index is 51.5. The Kier molecular flexibility index (Phi) is 3.19. The summed E-state index contributed by atoms with van der Waals surface area (Å²) in [4.78, 5) is 0. The number of halogens is 1. The summed E-state index contributed by atoms with van der Waals surface area (Å²) in [7, 11) is 0. The third-order valence-electron chi connectivity index (χ3n) is 0.416. The lowest BCUT2D eigenvalue weighted by Gasteiger charge is -1.84. The summed E-state index contributed by atoms with van der Waals surface area (Å²) in [5, 5.41) is 0.637. The van der Waals surface area contributed by atoms with Gasteiger partial charge in [-0.15, -0.1) is 0 Å². The van der Waals surface area contributed by atoms with Crippen molar-refractivity contribution < 1.29 is 0 Å². The van der Waals surface area contributed by atoms with E-state index in [0.717, 1.165) is 6.42 Å². The van der Waals surface area contributed by atoms with E-state index >= 15 is 0 Å². The monoisotopic (exact) mass is 105 g/mol. The van der Waals surface area contributed by atoms with E-state index in [0.29, 0.717) is 11.6 Å². The van der Waals surface area contributed by atoms with Crippen LogP contribution in [-0.2, 0) is 0 Å². The molecule has 0 heterocycles. The molecule has 0 aliphatic heterocycles. The van der Waals surface area contributed by atoms with Gasteiger partial charge in [0.05, 0.1) is 0 Å². The zero-order chi connectivity index (χ0) is 4.99. The lowest BCUT2D eigenvalue weighted by molar-refractivity contribution is 0.997. The molecule has 0 aliphatic rings. The predicted octanol–water partition coefficient (Wildman–Crippen LogP) is 1.09. The fourth-order valence-electron chi connectivity index (χ4n) is 0.157. The van der Waals surface area contributed by atoms with Crippen molar-refractivity contribution in [2.75, 3.05) is 6.54 Å². The fraction of sp³-hybridized carbons (Fsp3) is 0.500. The summed E-state index contributed by atoms with van der Waals surface area (Å²) in [5.74, 6) is 0. The molecular formula is C4H8ClN. The Morgan fingerprint density at radius 3 is 2.33 bits per heavy atom. The van der Waals surface area contributed by atoms with Crippen LogP contribution in [-0.4, -0.2) is 6.54 Å². The molecular weight excluding hydrogens is 97.5 g/mol. The van der Waals surface area contributed by atoms with Crippen LogP contribution in [0.3, 0.4) is 0 Å². The maximum absolute atomic E-state index is 5.30. The van der Waals surface area contributed by atoms with Crippen molar-refractivity contribution >= 4 is 11.6 Å². The van der Waals surface area contributed by atoms with E-state index in [9.17, 15) is 0 Å². The molecule has 0 aromatic heterocycles. The van der Waals surface area contributed by atoms with Crippen LogP contribution in [0.1, 0.15) is 6.42 Å². The molecule has 0 bridgehead atoms. The first-order valence-electron chi connectivity index (χ1n) is 1.80. The highest BCUT2D eigenvalue weighted by Crippen LogP contribution is 1.98. The molecule has 0 saturated carbocycles. The van der Waals surface area contributed by atoms with Crippen LogP contribution in [0, 0.1) is 0 Å². The van der Waals surface area contributed by atoms with E-state index in [-0.39, 0.29) is 0 Å². The third-order valence-corrected chi connectivity index (χ3v) is 0.605. The van der Waals surface area contributed by atoms with Crippen LogP contribution in [0.15, 0.2) is 11.6 Å². The van der Waals surface area contributed by atoms with Crippen LogP contribution < -0.4 is 5.73 Å². The van der Waals surface area contributed by atoms with Gasteiger partial charge in [-0.2, -0.15) is 0 Å². The first kappa shape index (κ1) is 5.99. The minimum absolute atomic E-state index is 0.600. The van der Waals surface area contributed by atoms with Gasteiger partial charge in [0.25, 0.3) is 0 Å². The lowest BCUT2D eigenvalue weighted by Crippen LogP contribution is -1.96. The second-order valence-electron chi connectivity index (χ2n) is 1.06. The highest BCUT2D eigenvalue weighted by molar-refractivity contribution is 6.29. The number of hydrogen-bond donors (Lipinski definition) is 1. The fourth-order valence-corrected chi connectivity index (χ4v) is 0.266. The minimum atomic E-state index is 0.600. The zero-order valence-electron chi connectivity index (χ0n) is 3.58. The van der Waals surface area contributed by atoms with Gasteiger partial charge in [0.2, 0.25) is 0 Å².